The van der Waals surface area contributed by atoms with Crippen molar-refractivity contribution in [3.05, 3.63) is 24.3 Å². The molecule has 0 aromatic heterocycles. The minimum atomic E-state index is -3.76. The zero-order chi connectivity index (χ0) is 15.1. The van der Waals surface area contributed by atoms with Gasteiger partial charge in [-0.2, -0.15) is 0 Å². The third-order valence-corrected chi connectivity index (χ3v) is 5.54. The number of sulfonamides is 1. The number of hydrogen-bond donors (Lipinski definition) is 2. The maximum atomic E-state index is 11.8. The molecule has 0 aliphatic carbocycles. The Balaban J connectivity index is 2.08. The molecular weight excluding hydrogens is 282 g/mol. The van der Waals surface area contributed by atoms with Gasteiger partial charge in [0.05, 0.1) is 11.4 Å². The van der Waals surface area contributed by atoms with Gasteiger partial charge in [0.1, 0.15) is 6.54 Å². The van der Waals surface area contributed by atoms with Gasteiger partial charge < -0.3 is 11.1 Å². The zero-order valence-electron chi connectivity index (χ0n) is 11.1. The SMILES string of the molecule is CC1(C)C(=O)N(CC(=O)Nc2ccccc2N)S1(=O)=O. The maximum Gasteiger partial charge on any atom is 0.259 e. The van der Waals surface area contributed by atoms with E-state index in [4.69, 9.17) is 5.73 Å². The molecule has 8 heteroatoms. The Morgan fingerprint density at radius 1 is 1.35 bits per heavy atom. The predicted molar refractivity (Wildman–Crippen MR) is 74.2 cm³/mol. The van der Waals surface area contributed by atoms with E-state index in [1.165, 1.54) is 13.8 Å². The third kappa shape index (κ3) is 2.01. The summed E-state index contributed by atoms with van der Waals surface area (Å²) < 4.78 is 22.8. The number of nitrogens with two attached hydrogens (primary N) is 1. The van der Waals surface area contributed by atoms with Gasteiger partial charge in [0, 0.05) is 0 Å². The molecule has 0 atom stereocenters. The molecule has 1 heterocycles. The van der Waals surface area contributed by atoms with Crippen molar-refractivity contribution in [2.75, 3.05) is 17.6 Å². The van der Waals surface area contributed by atoms with Crippen molar-refractivity contribution in [3.8, 4) is 0 Å². The lowest BCUT2D eigenvalue weighted by molar-refractivity contribution is -0.134. The van der Waals surface area contributed by atoms with Gasteiger partial charge in [0.25, 0.3) is 15.9 Å². The summed E-state index contributed by atoms with van der Waals surface area (Å²) in [6.45, 7) is 2.08. The third-order valence-electron chi connectivity index (χ3n) is 3.20. The van der Waals surface area contributed by atoms with Crippen LogP contribution in [0.3, 0.4) is 0 Å². The fourth-order valence-electron chi connectivity index (χ4n) is 1.84. The number of rotatable bonds is 3. The summed E-state index contributed by atoms with van der Waals surface area (Å²) in [5, 5.41) is 2.47. The molecular formula is C12H15N3O4S. The second-order valence-corrected chi connectivity index (χ2v) is 7.37. The average Bonchev–Trinajstić information content (AvgIpc) is 2.37. The highest BCUT2D eigenvalue weighted by Crippen LogP contribution is 2.34. The summed E-state index contributed by atoms with van der Waals surface area (Å²) >= 11 is 0. The fourth-order valence-corrected chi connectivity index (χ4v) is 3.33. The van der Waals surface area contributed by atoms with E-state index in [0.29, 0.717) is 15.7 Å². The summed E-state index contributed by atoms with van der Waals surface area (Å²) in [7, 11) is -3.76. The number of para-hydroxylation sites is 2. The number of nitrogens with one attached hydrogen (secondary N) is 1. The van der Waals surface area contributed by atoms with Crippen molar-refractivity contribution >= 4 is 33.2 Å². The first-order valence-corrected chi connectivity index (χ1v) is 7.33. The summed E-state index contributed by atoms with van der Waals surface area (Å²) in [6.07, 6.45) is 0. The number of nitrogen functional groups attached to an aromatic ring is 1. The Kier molecular flexibility index (Phi) is 3.21. The quantitative estimate of drug-likeness (QED) is 0.772. The number of hydrogen-bond acceptors (Lipinski definition) is 5. The van der Waals surface area contributed by atoms with E-state index >= 15 is 0 Å². The van der Waals surface area contributed by atoms with E-state index < -0.39 is 33.1 Å². The molecule has 1 fully saturated rings. The standard InChI is InChI=1S/C12H15N3O4S/c1-12(2)11(17)15(20(12,18)19)7-10(16)14-9-6-4-3-5-8(9)13/h3-6H,7,13H2,1-2H3,(H,14,16). The fraction of sp³-hybridized carbons (Fsp3) is 0.333. The van der Waals surface area contributed by atoms with Crippen molar-refractivity contribution in [2.24, 2.45) is 0 Å². The maximum absolute atomic E-state index is 11.8. The monoisotopic (exact) mass is 297 g/mol. The van der Waals surface area contributed by atoms with Crippen molar-refractivity contribution in [3.63, 3.8) is 0 Å². The Labute approximate surface area is 116 Å². The van der Waals surface area contributed by atoms with Crippen LogP contribution in [0.5, 0.6) is 0 Å². The molecule has 2 amide bonds. The number of amides is 2. The summed E-state index contributed by atoms with van der Waals surface area (Å²) in [6, 6.07) is 6.57. The Morgan fingerprint density at radius 2 is 1.95 bits per heavy atom. The van der Waals surface area contributed by atoms with Crippen LogP contribution in [0, 0.1) is 0 Å². The second-order valence-electron chi connectivity index (χ2n) is 4.96. The van der Waals surface area contributed by atoms with Gasteiger partial charge in [0.15, 0.2) is 4.75 Å². The summed E-state index contributed by atoms with van der Waals surface area (Å²) in [5.41, 5.74) is 6.39. The van der Waals surface area contributed by atoms with Crippen LogP contribution in [0.2, 0.25) is 0 Å². The van der Waals surface area contributed by atoms with Gasteiger partial charge in [-0.05, 0) is 26.0 Å². The summed E-state index contributed by atoms with van der Waals surface area (Å²) in [5.74, 6) is -1.20. The molecule has 1 aliphatic rings. The first-order valence-electron chi connectivity index (χ1n) is 5.89. The molecule has 20 heavy (non-hydrogen) atoms. The van der Waals surface area contributed by atoms with E-state index in [2.05, 4.69) is 5.32 Å². The number of carbonyl (C=O) groups is 2. The van der Waals surface area contributed by atoms with E-state index in [1.54, 1.807) is 24.3 Å². The molecule has 7 nitrogen and oxygen atoms in total. The number of carbonyl (C=O) groups excluding carboxylic acids is 2. The van der Waals surface area contributed by atoms with Gasteiger partial charge in [0.2, 0.25) is 5.91 Å². The van der Waals surface area contributed by atoms with Crippen molar-refractivity contribution < 1.29 is 18.0 Å². The van der Waals surface area contributed by atoms with Gasteiger partial charge in [-0.15, -0.1) is 0 Å². The summed E-state index contributed by atoms with van der Waals surface area (Å²) in [4.78, 5) is 23.5. The van der Waals surface area contributed by atoms with Gasteiger partial charge in [-0.3, -0.25) is 9.59 Å². The van der Waals surface area contributed by atoms with Gasteiger partial charge >= 0.3 is 0 Å². The van der Waals surface area contributed by atoms with Gasteiger partial charge in [-0.1, -0.05) is 12.1 Å². The highest BCUT2D eigenvalue weighted by molar-refractivity contribution is 7.94. The molecule has 1 aliphatic heterocycles. The molecule has 3 N–H and O–H groups in total. The van der Waals surface area contributed by atoms with Crippen LogP contribution >= 0.6 is 0 Å². The second kappa shape index (κ2) is 4.48. The van der Waals surface area contributed by atoms with E-state index in [0.717, 1.165) is 0 Å². The lowest BCUT2D eigenvalue weighted by Gasteiger charge is -2.42. The average molecular weight is 297 g/mol. The number of nitrogens with zero attached hydrogens (tertiary/aromatic N) is 1. The molecule has 1 aromatic carbocycles. The van der Waals surface area contributed by atoms with Crippen LogP contribution < -0.4 is 11.1 Å². The molecule has 0 radical (unpaired) electrons. The molecule has 0 saturated carbocycles. The number of benzene rings is 1. The molecule has 2 rings (SSSR count). The minimum absolute atomic E-state index is 0.360. The van der Waals surface area contributed by atoms with Crippen molar-refractivity contribution in [1.29, 1.82) is 0 Å². The Bertz CT molecular complexity index is 682. The molecule has 0 bridgehead atoms. The van der Waals surface area contributed by atoms with E-state index in [-0.39, 0.29) is 0 Å². The molecule has 1 aromatic rings. The van der Waals surface area contributed by atoms with Crippen molar-refractivity contribution in [2.45, 2.75) is 18.6 Å². The van der Waals surface area contributed by atoms with Gasteiger partial charge in [-0.25, -0.2) is 12.7 Å². The Morgan fingerprint density at radius 3 is 2.50 bits per heavy atom. The Hall–Kier alpha value is -2.09. The lowest BCUT2D eigenvalue weighted by Crippen LogP contribution is -2.68. The van der Waals surface area contributed by atoms with E-state index in [1.807, 2.05) is 0 Å². The molecule has 0 spiro atoms. The normalized spacial score (nSPS) is 19.3. The smallest absolute Gasteiger partial charge is 0.259 e. The van der Waals surface area contributed by atoms with E-state index in [9.17, 15) is 18.0 Å². The molecule has 0 unspecified atom stereocenters. The highest BCUT2D eigenvalue weighted by atomic mass is 32.2. The zero-order valence-corrected chi connectivity index (χ0v) is 11.9. The topological polar surface area (TPSA) is 110 Å². The molecule has 1 saturated heterocycles. The number of anilines is 2. The minimum Gasteiger partial charge on any atom is -0.397 e. The first kappa shape index (κ1) is 14.3. The van der Waals surface area contributed by atoms with Crippen LogP contribution in [0.15, 0.2) is 24.3 Å². The van der Waals surface area contributed by atoms with Crippen molar-refractivity contribution in [1.82, 2.24) is 4.31 Å². The van der Waals surface area contributed by atoms with Crippen LogP contribution in [-0.4, -0.2) is 35.8 Å². The van der Waals surface area contributed by atoms with Crippen LogP contribution in [-0.2, 0) is 19.6 Å². The molecule has 108 valence electrons. The predicted octanol–water partition coefficient (Wildman–Crippen LogP) is 0.158. The van der Waals surface area contributed by atoms with Crippen LogP contribution in [0.4, 0.5) is 11.4 Å². The van der Waals surface area contributed by atoms with Crippen LogP contribution in [0.25, 0.3) is 0 Å². The lowest BCUT2D eigenvalue weighted by atomic mass is 10.2. The van der Waals surface area contributed by atoms with Crippen LogP contribution in [0.1, 0.15) is 13.8 Å². The largest absolute Gasteiger partial charge is 0.397 e. The first-order chi connectivity index (χ1) is 9.18. The highest BCUT2D eigenvalue weighted by Gasteiger charge is 2.60.